The molecule has 3 aromatic heterocycles. The van der Waals surface area contributed by atoms with Crippen molar-refractivity contribution in [1.82, 2.24) is 9.97 Å². The maximum Gasteiger partial charge on any atom is 0.0239 e. The van der Waals surface area contributed by atoms with Crippen LogP contribution in [-0.2, 0) is 32.9 Å². The molecule has 1 aliphatic rings. The number of hydrogen-bond acceptors (Lipinski definition) is 3. The fourth-order valence-corrected chi connectivity index (χ4v) is 11.3. The molecule has 2 nitrogen and oxygen atoms in total. The van der Waals surface area contributed by atoms with E-state index in [2.05, 4.69) is 95.7 Å². The molecule has 0 atom stereocenters. The van der Waals surface area contributed by atoms with E-state index in [0.717, 1.165) is 29.7 Å². The maximum absolute atomic E-state index is 14.5. The molecule has 7 rings (SSSR count). The standard InChI is InChI=1S/C23H20NS.C19H25FGeN.Ir/c1-2-7-16(6-1)14-17-12-13-24-21(15-17)20-10-5-9-19-18-8-3-4-11-22(18)25-23(19)20;1-13(2)9-15-11-19(22-12-18(15)21(4,5)6)16-8-7-14(3)10-17(16)20;/h3-5,8-9,11-13,15-16H,1-2,6-7,14H2;7,10-13H,9H2,1-6H3;/q2*-1;/i;3D3;. The van der Waals surface area contributed by atoms with Crippen LogP contribution in [0.2, 0.25) is 17.3 Å². The third-order valence-corrected chi connectivity index (χ3v) is 14.5. The summed E-state index contributed by atoms with van der Waals surface area (Å²) in [4.78, 5) is 9.15. The number of pyridine rings is 2. The number of aryl methyl sites for hydroxylation is 1. The number of thiophene rings is 1. The largest absolute Gasteiger partial charge is 0.305 e. The van der Waals surface area contributed by atoms with Gasteiger partial charge in [0.05, 0.1) is 0 Å². The van der Waals surface area contributed by atoms with E-state index in [1.165, 1.54) is 73.9 Å². The van der Waals surface area contributed by atoms with Gasteiger partial charge in [-0.2, -0.15) is 11.3 Å². The number of benzene rings is 3. The van der Waals surface area contributed by atoms with Crippen molar-refractivity contribution in [3.05, 3.63) is 114 Å². The summed E-state index contributed by atoms with van der Waals surface area (Å²) in [7, 11) is 0. The molecule has 6 heteroatoms. The quantitative estimate of drug-likeness (QED) is 0.118. The summed E-state index contributed by atoms with van der Waals surface area (Å²) in [6.07, 6.45) is 11.5. The summed E-state index contributed by atoms with van der Waals surface area (Å²) in [5, 5.41) is 2.65. The molecule has 3 aromatic carbocycles. The van der Waals surface area contributed by atoms with E-state index in [1.807, 2.05) is 35.9 Å². The molecule has 0 saturated heterocycles. The molecule has 0 unspecified atom stereocenters. The van der Waals surface area contributed by atoms with Crippen LogP contribution in [0.25, 0.3) is 42.7 Å². The first-order chi connectivity index (χ1) is 23.8. The first kappa shape index (κ1) is 32.5. The van der Waals surface area contributed by atoms with Crippen LogP contribution >= 0.6 is 11.3 Å². The molecule has 3 heterocycles. The molecule has 0 bridgehead atoms. The molecule has 0 aliphatic heterocycles. The summed E-state index contributed by atoms with van der Waals surface area (Å²) < 4.78 is 40.6. The Kier molecular flexibility index (Phi) is 10.8. The van der Waals surface area contributed by atoms with Crippen LogP contribution in [0.4, 0.5) is 4.39 Å². The summed E-state index contributed by atoms with van der Waals surface area (Å²) in [5.74, 6) is 7.71. The monoisotopic (exact) mass is 898 g/mol. The smallest absolute Gasteiger partial charge is 0.0239 e. The van der Waals surface area contributed by atoms with Gasteiger partial charge in [-0.15, -0.1) is 23.8 Å². The molecule has 0 N–H and O–H groups in total. The Hall–Kier alpha value is -2.70. The van der Waals surface area contributed by atoms with Crippen LogP contribution < -0.4 is 4.40 Å². The Morgan fingerprint density at radius 2 is 1.73 bits per heavy atom. The normalized spacial score (nSPS) is 14.7. The molecule has 0 amide bonds. The average molecular weight is 897 g/mol. The van der Waals surface area contributed by atoms with Crippen molar-refractivity contribution in [2.75, 3.05) is 0 Å². The van der Waals surface area contributed by atoms with E-state index in [9.17, 15) is 4.39 Å². The first-order valence-electron chi connectivity index (χ1n) is 18.3. The third kappa shape index (κ3) is 8.53. The number of halogens is 1. The molecule has 1 radical (unpaired) electrons. The summed E-state index contributed by atoms with van der Waals surface area (Å²) in [5.41, 5.74) is 5.55. The van der Waals surface area contributed by atoms with Crippen molar-refractivity contribution in [2.24, 2.45) is 11.8 Å². The Morgan fingerprint density at radius 3 is 2.46 bits per heavy atom. The van der Waals surface area contributed by atoms with Crippen molar-refractivity contribution in [3.63, 3.8) is 0 Å². The van der Waals surface area contributed by atoms with Gasteiger partial charge >= 0.3 is 140 Å². The Labute approximate surface area is 310 Å². The molecule has 1 aliphatic carbocycles. The molecule has 6 aromatic rings. The van der Waals surface area contributed by atoms with E-state index in [0.29, 0.717) is 11.6 Å². The average Bonchev–Trinajstić information content (AvgIpc) is 3.72. The molecule has 251 valence electrons. The van der Waals surface area contributed by atoms with Gasteiger partial charge in [-0.05, 0) is 40.3 Å². The first-order valence-corrected chi connectivity index (χ1v) is 24.9. The predicted molar refractivity (Wildman–Crippen MR) is 202 cm³/mol. The van der Waals surface area contributed by atoms with Crippen LogP contribution in [-0.4, -0.2) is 23.2 Å². The van der Waals surface area contributed by atoms with Gasteiger partial charge in [0.15, 0.2) is 0 Å². The summed E-state index contributed by atoms with van der Waals surface area (Å²) >= 11 is -0.233. The van der Waals surface area contributed by atoms with Crippen molar-refractivity contribution in [2.45, 2.75) is 76.5 Å². The zero-order valence-corrected chi connectivity index (χ0v) is 33.7. The second-order valence-corrected chi connectivity index (χ2v) is 25.9. The van der Waals surface area contributed by atoms with E-state index in [1.54, 1.807) is 0 Å². The fourth-order valence-electron chi connectivity index (χ4n) is 6.75. The van der Waals surface area contributed by atoms with Gasteiger partial charge in [0.2, 0.25) is 0 Å². The van der Waals surface area contributed by atoms with Gasteiger partial charge in [-0.3, -0.25) is 0 Å². The number of hydrogen-bond donors (Lipinski definition) is 0. The Balaban J connectivity index is 0.000000194. The van der Waals surface area contributed by atoms with Crippen molar-refractivity contribution < 1.29 is 28.6 Å². The van der Waals surface area contributed by atoms with E-state index >= 15 is 0 Å². The minimum atomic E-state index is -2.34. The van der Waals surface area contributed by atoms with E-state index < -0.39 is 25.9 Å². The number of rotatable bonds is 7. The van der Waals surface area contributed by atoms with Gasteiger partial charge in [0.1, 0.15) is 0 Å². The van der Waals surface area contributed by atoms with E-state index in [-0.39, 0.29) is 31.2 Å². The van der Waals surface area contributed by atoms with Crippen molar-refractivity contribution in [3.8, 4) is 22.5 Å². The fraction of sp³-hybridized carbons (Fsp3) is 0.333. The number of aromatic nitrogens is 2. The Bertz CT molecular complexity index is 2120. The Morgan fingerprint density at radius 1 is 0.958 bits per heavy atom. The molecular weight excluding hydrogens is 848 g/mol. The molecular formula is C42H45FGeIrN2S-2. The van der Waals surface area contributed by atoms with Crippen LogP contribution in [0.5, 0.6) is 0 Å². The second kappa shape index (κ2) is 15.9. The van der Waals surface area contributed by atoms with Crippen LogP contribution in [0.3, 0.4) is 0 Å². The minimum Gasteiger partial charge on any atom is -0.305 e. The molecule has 1 fully saturated rings. The van der Waals surface area contributed by atoms with Gasteiger partial charge in [-0.25, -0.2) is 0 Å². The molecule has 48 heavy (non-hydrogen) atoms. The van der Waals surface area contributed by atoms with Gasteiger partial charge in [0, 0.05) is 31.0 Å². The predicted octanol–water partition coefficient (Wildman–Crippen LogP) is 11.4. The topological polar surface area (TPSA) is 25.8 Å². The van der Waals surface area contributed by atoms with Crippen LogP contribution in [0.1, 0.15) is 60.3 Å². The van der Waals surface area contributed by atoms with Crippen molar-refractivity contribution in [1.29, 1.82) is 0 Å². The summed E-state index contributed by atoms with van der Waals surface area (Å²) in [6.45, 7) is 1.99. The number of nitrogens with zero attached hydrogens (tertiary/aromatic N) is 2. The van der Waals surface area contributed by atoms with Crippen LogP contribution in [0, 0.1) is 36.6 Å². The summed E-state index contributed by atoms with van der Waals surface area (Å²) in [6, 6.07) is 27.9. The van der Waals surface area contributed by atoms with Gasteiger partial charge < -0.3 is 4.98 Å². The zero-order valence-electron chi connectivity index (χ0n) is 31.4. The third-order valence-electron chi connectivity index (χ3n) is 8.99. The zero-order chi connectivity index (χ0) is 35.6. The number of fused-ring (bicyclic) bond motifs is 3. The maximum atomic E-state index is 14.5. The molecule has 0 spiro atoms. The second-order valence-electron chi connectivity index (χ2n) is 14.3. The van der Waals surface area contributed by atoms with E-state index in [4.69, 9.17) is 4.11 Å². The van der Waals surface area contributed by atoms with Crippen molar-refractivity contribution >= 4 is 49.2 Å². The van der Waals surface area contributed by atoms with Crippen LogP contribution in [0.15, 0.2) is 79.1 Å². The van der Waals surface area contributed by atoms with Gasteiger partial charge in [-0.1, -0.05) is 60.9 Å². The molecule has 1 saturated carbocycles. The van der Waals surface area contributed by atoms with Gasteiger partial charge in [0.25, 0.3) is 0 Å². The SMILES string of the molecule is [2H]C([2H])([2H])c1c[c-]c(-c2cc(CC(C)C)[c]([Ge]([CH3])([CH3])[CH3])cn2)c(F)c1.[Ir].[c-]1ccc2c(sc3ccccc32)c1-c1cc(CC2CCCC2)ccn1. The minimum absolute atomic E-state index is 0.